The Morgan fingerprint density at radius 2 is 1.85 bits per heavy atom. The number of carbonyl (C=O) groups excluding carboxylic acids is 1. The first-order valence-electron chi connectivity index (χ1n) is 4.04. The Morgan fingerprint density at radius 1 is 1.31 bits per heavy atom. The van der Waals surface area contributed by atoms with Crippen LogP contribution in [0.25, 0.3) is 5.76 Å². The van der Waals surface area contributed by atoms with Gasteiger partial charge in [-0.05, 0) is 6.92 Å². The van der Waals surface area contributed by atoms with Crippen molar-refractivity contribution >= 4 is 11.7 Å². The molecule has 2 nitrogen and oxygen atoms in total. The largest absolute Gasteiger partial charge is 0.427 e. The molecule has 0 saturated heterocycles. The van der Waals surface area contributed by atoms with Crippen LogP contribution in [0.2, 0.25) is 0 Å². The average molecular weight is 176 g/mol. The van der Waals surface area contributed by atoms with Gasteiger partial charge in [0.05, 0.1) is 0 Å². The molecule has 0 aliphatic heterocycles. The predicted octanol–water partition coefficient (Wildman–Crippen LogP) is 2.53. The maximum absolute atomic E-state index is 10.6. The van der Waals surface area contributed by atoms with Gasteiger partial charge in [-0.2, -0.15) is 0 Å². The Balaban J connectivity index is 2.78. The first kappa shape index (κ1) is 9.52. The standard InChI is InChI=1S/C11H12O2/c1-8-4-6-11(7-5-8)9(2)13-10(3)12/h4-7H,2H2,1,3H3. The summed E-state index contributed by atoms with van der Waals surface area (Å²) in [6, 6.07) is 7.65. The van der Waals surface area contributed by atoms with E-state index in [-0.39, 0.29) is 5.97 Å². The lowest BCUT2D eigenvalue weighted by molar-refractivity contribution is -0.134. The van der Waals surface area contributed by atoms with Crippen LogP contribution in [0.1, 0.15) is 18.1 Å². The van der Waals surface area contributed by atoms with Crippen molar-refractivity contribution in [1.82, 2.24) is 0 Å². The third-order valence-corrected chi connectivity index (χ3v) is 1.64. The second kappa shape index (κ2) is 3.90. The minimum Gasteiger partial charge on any atom is -0.427 e. The van der Waals surface area contributed by atoms with E-state index in [1.54, 1.807) is 0 Å². The van der Waals surface area contributed by atoms with Crippen molar-refractivity contribution in [3.63, 3.8) is 0 Å². The lowest BCUT2D eigenvalue weighted by atomic mass is 10.1. The second-order valence-corrected chi connectivity index (χ2v) is 2.88. The van der Waals surface area contributed by atoms with Crippen LogP contribution in [-0.4, -0.2) is 5.97 Å². The summed E-state index contributed by atoms with van der Waals surface area (Å²) in [5.74, 6) is 0.0538. The molecular weight excluding hydrogens is 164 g/mol. The number of esters is 1. The maximum Gasteiger partial charge on any atom is 0.308 e. The zero-order valence-electron chi connectivity index (χ0n) is 7.83. The molecule has 0 saturated carbocycles. The van der Waals surface area contributed by atoms with Crippen molar-refractivity contribution in [1.29, 1.82) is 0 Å². The zero-order chi connectivity index (χ0) is 9.84. The van der Waals surface area contributed by atoms with Crippen LogP contribution >= 0.6 is 0 Å². The molecule has 0 aliphatic rings. The van der Waals surface area contributed by atoms with Crippen LogP contribution in [-0.2, 0) is 9.53 Å². The van der Waals surface area contributed by atoms with E-state index in [1.165, 1.54) is 12.5 Å². The fourth-order valence-electron chi connectivity index (χ4n) is 0.972. The van der Waals surface area contributed by atoms with Crippen molar-refractivity contribution < 1.29 is 9.53 Å². The highest BCUT2D eigenvalue weighted by molar-refractivity contribution is 5.75. The molecule has 1 rings (SSSR count). The van der Waals surface area contributed by atoms with Gasteiger partial charge in [-0.25, -0.2) is 0 Å². The number of hydrogen-bond donors (Lipinski definition) is 0. The zero-order valence-corrected chi connectivity index (χ0v) is 7.83. The molecule has 1 aromatic rings. The predicted molar refractivity (Wildman–Crippen MR) is 52.0 cm³/mol. The van der Waals surface area contributed by atoms with Crippen LogP contribution < -0.4 is 0 Å². The van der Waals surface area contributed by atoms with Crippen LogP contribution in [0.3, 0.4) is 0 Å². The highest BCUT2D eigenvalue weighted by Gasteiger charge is 2.01. The molecule has 0 amide bonds. The Labute approximate surface area is 77.8 Å². The molecule has 0 fully saturated rings. The molecule has 0 bridgehead atoms. The van der Waals surface area contributed by atoms with E-state index in [4.69, 9.17) is 4.74 Å². The highest BCUT2D eigenvalue weighted by Crippen LogP contribution is 2.14. The molecule has 0 atom stereocenters. The molecule has 0 spiro atoms. The van der Waals surface area contributed by atoms with Crippen molar-refractivity contribution in [3.8, 4) is 0 Å². The highest BCUT2D eigenvalue weighted by atomic mass is 16.5. The summed E-state index contributed by atoms with van der Waals surface area (Å²) in [6.45, 7) is 7.01. The van der Waals surface area contributed by atoms with Crippen molar-refractivity contribution in [3.05, 3.63) is 42.0 Å². The van der Waals surface area contributed by atoms with Crippen LogP contribution in [0.15, 0.2) is 30.8 Å². The molecule has 0 aliphatic carbocycles. The van der Waals surface area contributed by atoms with Gasteiger partial charge in [0.25, 0.3) is 0 Å². The summed E-state index contributed by atoms with van der Waals surface area (Å²) in [5.41, 5.74) is 2.00. The van der Waals surface area contributed by atoms with Crippen LogP contribution in [0.4, 0.5) is 0 Å². The number of hydrogen-bond acceptors (Lipinski definition) is 2. The number of benzene rings is 1. The van der Waals surface area contributed by atoms with Gasteiger partial charge in [0.2, 0.25) is 0 Å². The van der Waals surface area contributed by atoms with Gasteiger partial charge in [0.1, 0.15) is 5.76 Å². The summed E-state index contributed by atoms with van der Waals surface area (Å²) < 4.78 is 4.84. The molecule has 1 aromatic carbocycles. The van der Waals surface area contributed by atoms with Gasteiger partial charge in [0.15, 0.2) is 0 Å². The molecule has 0 radical (unpaired) electrons. The summed E-state index contributed by atoms with van der Waals surface area (Å²) in [7, 11) is 0. The van der Waals surface area contributed by atoms with Gasteiger partial charge in [-0.1, -0.05) is 36.4 Å². The lowest BCUT2D eigenvalue weighted by Gasteiger charge is -2.04. The smallest absolute Gasteiger partial charge is 0.308 e. The third kappa shape index (κ3) is 2.75. The molecule has 68 valence electrons. The van der Waals surface area contributed by atoms with Crippen molar-refractivity contribution in [2.75, 3.05) is 0 Å². The van der Waals surface area contributed by atoms with E-state index in [9.17, 15) is 4.79 Å². The number of rotatable bonds is 2. The molecule has 0 unspecified atom stereocenters. The first-order valence-corrected chi connectivity index (χ1v) is 4.04. The topological polar surface area (TPSA) is 26.3 Å². The molecule has 0 N–H and O–H groups in total. The van der Waals surface area contributed by atoms with Crippen LogP contribution in [0, 0.1) is 6.92 Å². The molecule has 0 heterocycles. The molecule has 13 heavy (non-hydrogen) atoms. The van der Waals surface area contributed by atoms with E-state index >= 15 is 0 Å². The number of aryl methyl sites for hydroxylation is 1. The minimum atomic E-state index is -0.342. The fourth-order valence-corrected chi connectivity index (χ4v) is 0.972. The average Bonchev–Trinajstić information content (AvgIpc) is 2.04. The monoisotopic (exact) mass is 176 g/mol. The maximum atomic E-state index is 10.6. The Morgan fingerprint density at radius 3 is 2.31 bits per heavy atom. The van der Waals surface area contributed by atoms with Gasteiger partial charge in [0, 0.05) is 12.5 Å². The van der Waals surface area contributed by atoms with Crippen LogP contribution in [0.5, 0.6) is 0 Å². The van der Waals surface area contributed by atoms with E-state index < -0.39 is 0 Å². The van der Waals surface area contributed by atoms with E-state index in [0.717, 1.165) is 5.56 Å². The van der Waals surface area contributed by atoms with E-state index in [1.807, 2.05) is 31.2 Å². The first-order chi connectivity index (χ1) is 6.09. The minimum absolute atomic E-state index is 0.342. The van der Waals surface area contributed by atoms with Gasteiger partial charge in [-0.3, -0.25) is 4.79 Å². The molecule has 0 aromatic heterocycles. The Bertz CT molecular complexity index is 322. The van der Waals surface area contributed by atoms with Gasteiger partial charge >= 0.3 is 5.97 Å². The quantitative estimate of drug-likeness (QED) is 0.511. The Kier molecular flexibility index (Phi) is 2.85. The van der Waals surface area contributed by atoms with Gasteiger partial charge in [-0.15, -0.1) is 0 Å². The van der Waals surface area contributed by atoms with E-state index in [2.05, 4.69) is 6.58 Å². The van der Waals surface area contributed by atoms with Gasteiger partial charge < -0.3 is 4.74 Å². The number of carbonyl (C=O) groups is 1. The van der Waals surface area contributed by atoms with Crippen molar-refractivity contribution in [2.45, 2.75) is 13.8 Å². The summed E-state index contributed by atoms with van der Waals surface area (Å²) in [6.07, 6.45) is 0. The second-order valence-electron chi connectivity index (χ2n) is 2.88. The summed E-state index contributed by atoms with van der Waals surface area (Å²) in [4.78, 5) is 10.6. The molecule has 2 heteroatoms. The normalized spacial score (nSPS) is 9.38. The summed E-state index contributed by atoms with van der Waals surface area (Å²) >= 11 is 0. The summed E-state index contributed by atoms with van der Waals surface area (Å²) in [5, 5.41) is 0. The number of ether oxygens (including phenoxy) is 1. The lowest BCUT2D eigenvalue weighted by Crippen LogP contribution is -1.96. The fraction of sp³-hybridized carbons (Fsp3) is 0.182. The molecular formula is C11H12O2. The van der Waals surface area contributed by atoms with Crippen molar-refractivity contribution in [2.24, 2.45) is 0 Å². The van der Waals surface area contributed by atoms with E-state index in [0.29, 0.717) is 5.76 Å². The SMILES string of the molecule is C=C(OC(C)=O)c1ccc(C)cc1. The Hall–Kier alpha value is -1.57. The third-order valence-electron chi connectivity index (χ3n) is 1.64.